The van der Waals surface area contributed by atoms with E-state index in [0.717, 1.165) is 18.4 Å². The van der Waals surface area contributed by atoms with Crippen molar-refractivity contribution in [2.24, 2.45) is 5.92 Å². The highest BCUT2D eigenvalue weighted by Gasteiger charge is 2.43. The van der Waals surface area contributed by atoms with Gasteiger partial charge in [0.2, 0.25) is 5.91 Å². The number of hydrogen-bond donors (Lipinski definition) is 0. The van der Waals surface area contributed by atoms with Gasteiger partial charge in [0, 0.05) is 50.4 Å². The Morgan fingerprint density at radius 1 is 1.03 bits per heavy atom. The van der Waals surface area contributed by atoms with Gasteiger partial charge in [-0.05, 0) is 55.2 Å². The number of halogens is 1. The molecule has 2 saturated heterocycles. The third-order valence-corrected chi connectivity index (χ3v) is 9.30. The van der Waals surface area contributed by atoms with Gasteiger partial charge in [-0.15, -0.1) is 11.8 Å². The quantitative estimate of drug-likeness (QED) is 0.529. The Balaban J connectivity index is 1.21. The molecule has 38 heavy (non-hydrogen) atoms. The molecule has 3 fully saturated rings. The van der Waals surface area contributed by atoms with Crippen LogP contribution in [0.5, 0.6) is 11.5 Å². The molecule has 3 unspecified atom stereocenters. The van der Waals surface area contributed by atoms with Crippen molar-refractivity contribution in [2.45, 2.75) is 30.6 Å². The number of para-hydroxylation sites is 1. The summed E-state index contributed by atoms with van der Waals surface area (Å²) in [5.41, 5.74) is 1.47. The number of thioether (sulfide) groups is 1. The van der Waals surface area contributed by atoms with Crippen molar-refractivity contribution in [3.8, 4) is 11.5 Å². The maximum absolute atomic E-state index is 14.2. The number of ether oxygens (including phenoxy) is 2. The van der Waals surface area contributed by atoms with Crippen LogP contribution in [0, 0.1) is 11.7 Å². The molecule has 0 aromatic heterocycles. The molecule has 3 atom stereocenters. The second-order valence-electron chi connectivity index (χ2n) is 10.0. The highest BCUT2D eigenvalue weighted by Crippen LogP contribution is 2.44. The summed E-state index contributed by atoms with van der Waals surface area (Å²) in [5.74, 6) is 1.09. The molecule has 0 bridgehead atoms. The number of benzene rings is 2. The highest BCUT2D eigenvalue weighted by atomic mass is 32.2. The van der Waals surface area contributed by atoms with Crippen LogP contribution in [0.2, 0.25) is 0 Å². The Labute approximate surface area is 227 Å². The van der Waals surface area contributed by atoms with Gasteiger partial charge >= 0.3 is 0 Å². The number of carbonyl (C=O) groups excluding carboxylic acids is 2. The zero-order chi connectivity index (χ0) is 26.8. The molecule has 1 saturated carbocycles. The molecule has 0 N–H and O–H groups in total. The molecule has 2 aromatic carbocycles. The van der Waals surface area contributed by atoms with Gasteiger partial charge in [-0.1, -0.05) is 18.2 Å². The fraction of sp³-hybridized carbons (Fsp3) is 0.448. The van der Waals surface area contributed by atoms with Crippen molar-refractivity contribution in [2.75, 3.05) is 52.3 Å². The van der Waals surface area contributed by atoms with Gasteiger partial charge in [0.1, 0.15) is 5.82 Å². The standard InChI is InChI=1S/C29H34FN3O4S/c1-31-23-18-20(28(34)33-14-12-32(13-15-33)22-7-5-4-6-21(22)30)9-11-26(23)38-27(29(31)35)17-19-8-10-24(36-2)25(16-19)37-3/h4-8,10,16-17,20,23,26H,9,11-15,18H2,1-3H3/b27-17-. The molecule has 1 aliphatic carbocycles. The number of anilines is 1. The maximum atomic E-state index is 14.2. The Bertz CT molecular complexity index is 1230. The van der Waals surface area contributed by atoms with Crippen LogP contribution in [-0.2, 0) is 9.59 Å². The lowest BCUT2D eigenvalue weighted by molar-refractivity contribution is -0.139. The summed E-state index contributed by atoms with van der Waals surface area (Å²) in [6.45, 7) is 2.40. The Morgan fingerprint density at radius 3 is 2.47 bits per heavy atom. The van der Waals surface area contributed by atoms with Gasteiger partial charge in [-0.3, -0.25) is 9.59 Å². The maximum Gasteiger partial charge on any atom is 0.260 e. The molecule has 3 aliphatic rings. The lowest BCUT2D eigenvalue weighted by Gasteiger charge is -2.45. The van der Waals surface area contributed by atoms with Crippen LogP contribution in [0.1, 0.15) is 24.8 Å². The molecule has 5 rings (SSSR count). The second-order valence-corrected chi connectivity index (χ2v) is 11.3. The fourth-order valence-electron chi connectivity index (χ4n) is 5.75. The normalized spacial score (nSPS) is 24.8. The largest absolute Gasteiger partial charge is 0.493 e. The number of piperazine rings is 1. The summed E-state index contributed by atoms with van der Waals surface area (Å²) in [7, 11) is 5.04. The first-order valence-corrected chi connectivity index (χ1v) is 13.9. The third kappa shape index (κ3) is 5.21. The first kappa shape index (κ1) is 26.4. The van der Waals surface area contributed by atoms with E-state index in [2.05, 4.69) is 0 Å². The minimum absolute atomic E-state index is 0.0161. The van der Waals surface area contributed by atoms with E-state index in [9.17, 15) is 14.0 Å². The third-order valence-electron chi connectivity index (χ3n) is 7.90. The average Bonchev–Trinajstić information content (AvgIpc) is 2.95. The molecule has 0 spiro atoms. The molecular formula is C29H34FN3O4S. The van der Waals surface area contributed by atoms with Gasteiger partial charge in [0.15, 0.2) is 11.5 Å². The Morgan fingerprint density at radius 2 is 1.76 bits per heavy atom. The van der Waals surface area contributed by atoms with Crippen LogP contribution < -0.4 is 14.4 Å². The molecule has 2 amide bonds. The van der Waals surface area contributed by atoms with Crippen molar-refractivity contribution >= 4 is 35.3 Å². The summed E-state index contributed by atoms with van der Waals surface area (Å²) >= 11 is 1.62. The number of carbonyl (C=O) groups is 2. The number of rotatable bonds is 5. The zero-order valence-corrected chi connectivity index (χ0v) is 22.9. The summed E-state index contributed by atoms with van der Waals surface area (Å²) in [6.07, 6.45) is 4.28. The number of likely N-dealkylation sites (N-methyl/N-ethyl adjacent to an activating group) is 1. The van der Waals surface area contributed by atoms with Crippen molar-refractivity contribution < 1.29 is 23.5 Å². The van der Waals surface area contributed by atoms with Crippen molar-refractivity contribution in [1.29, 1.82) is 0 Å². The minimum atomic E-state index is -0.229. The van der Waals surface area contributed by atoms with Crippen LogP contribution in [-0.4, -0.2) is 80.4 Å². The van der Waals surface area contributed by atoms with E-state index in [-0.39, 0.29) is 34.8 Å². The molecule has 2 aromatic rings. The molecule has 202 valence electrons. The first-order chi connectivity index (χ1) is 18.4. The van der Waals surface area contributed by atoms with E-state index >= 15 is 0 Å². The summed E-state index contributed by atoms with van der Waals surface area (Å²) in [4.78, 5) is 33.2. The summed E-state index contributed by atoms with van der Waals surface area (Å²) < 4.78 is 24.9. The van der Waals surface area contributed by atoms with Crippen molar-refractivity contribution in [1.82, 2.24) is 9.80 Å². The zero-order valence-electron chi connectivity index (χ0n) is 22.1. The van der Waals surface area contributed by atoms with E-state index in [0.29, 0.717) is 54.7 Å². The molecule has 2 heterocycles. The molecule has 2 aliphatic heterocycles. The minimum Gasteiger partial charge on any atom is -0.493 e. The number of methoxy groups -OCH3 is 2. The van der Waals surface area contributed by atoms with Gasteiger partial charge in [0.25, 0.3) is 5.91 Å². The average molecular weight is 540 g/mol. The highest BCUT2D eigenvalue weighted by molar-refractivity contribution is 8.04. The van der Waals surface area contributed by atoms with Crippen molar-refractivity contribution in [3.05, 3.63) is 58.8 Å². The first-order valence-electron chi connectivity index (χ1n) is 13.1. The van der Waals surface area contributed by atoms with E-state index in [1.54, 1.807) is 38.1 Å². The Hall–Kier alpha value is -3.20. The van der Waals surface area contributed by atoms with E-state index in [1.165, 1.54) is 6.07 Å². The summed E-state index contributed by atoms with van der Waals surface area (Å²) in [6, 6.07) is 12.4. The number of hydrogen-bond acceptors (Lipinski definition) is 6. The van der Waals surface area contributed by atoms with Gasteiger partial charge < -0.3 is 24.2 Å². The number of nitrogens with zero attached hydrogens (tertiary/aromatic N) is 3. The van der Waals surface area contributed by atoms with E-state index in [1.807, 2.05) is 52.1 Å². The van der Waals surface area contributed by atoms with Crippen LogP contribution in [0.15, 0.2) is 47.4 Å². The molecule has 7 nitrogen and oxygen atoms in total. The predicted molar refractivity (Wildman–Crippen MR) is 148 cm³/mol. The van der Waals surface area contributed by atoms with Crippen LogP contribution in [0.25, 0.3) is 6.08 Å². The van der Waals surface area contributed by atoms with Crippen LogP contribution in [0.3, 0.4) is 0 Å². The van der Waals surface area contributed by atoms with Gasteiger partial charge in [-0.2, -0.15) is 0 Å². The molecule has 0 radical (unpaired) electrons. The Kier molecular flexibility index (Phi) is 7.83. The summed E-state index contributed by atoms with van der Waals surface area (Å²) in [5, 5.41) is 0.256. The second kappa shape index (κ2) is 11.3. The van der Waals surface area contributed by atoms with E-state index in [4.69, 9.17) is 9.47 Å². The topological polar surface area (TPSA) is 62.3 Å². The lowest BCUT2D eigenvalue weighted by Crippen LogP contribution is -2.55. The lowest BCUT2D eigenvalue weighted by atomic mass is 9.83. The SMILES string of the molecule is COc1ccc(/C=C2\SC3CCC(C(=O)N4CCN(c5ccccc5F)CC4)CC3N(C)C2=O)cc1OC. The van der Waals surface area contributed by atoms with Crippen LogP contribution in [0.4, 0.5) is 10.1 Å². The number of fused-ring (bicyclic) bond motifs is 1. The smallest absolute Gasteiger partial charge is 0.260 e. The molecule has 9 heteroatoms. The van der Waals surface area contributed by atoms with Gasteiger partial charge in [-0.25, -0.2) is 4.39 Å². The monoisotopic (exact) mass is 539 g/mol. The van der Waals surface area contributed by atoms with Crippen LogP contribution >= 0.6 is 11.8 Å². The fourth-order valence-corrected chi connectivity index (χ4v) is 7.23. The predicted octanol–water partition coefficient (Wildman–Crippen LogP) is 4.28. The van der Waals surface area contributed by atoms with Gasteiger partial charge in [0.05, 0.1) is 24.8 Å². The van der Waals surface area contributed by atoms with E-state index < -0.39 is 0 Å². The number of amides is 2. The molecular weight excluding hydrogens is 505 g/mol. The van der Waals surface area contributed by atoms with Crippen molar-refractivity contribution in [3.63, 3.8) is 0 Å².